The molecule has 0 aliphatic rings. The van der Waals surface area contributed by atoms with E-state index in [9.17, 15) is 4.79 Å². The van der Waals surface area contributed by atoms with Gasteiger partial charge in [0.15, 0.2) is 5.84 Å². The number of nitrogens with zero attached hydrogens (tertiary/aromatic N) is 2. The normalized spacial score (nSPS) is 11.2. The maximum absolute atomic E-state index is 12.1. The smallest absolute Gasteiger partial charge is 0.257 e. The molecule has 1 aromatic carbocycles. The average Bonchev–Trinajstić information content (AvgIpc) is 2.37. The predicted octanol–water partition coefficient (Wildman–Crippen LogP) is 1.28. The molecule has 0 heterocycles. The molecule has 0 atom stereocenters. The number of amidine groups is 1. The summed E-state index contributed by atoms with van der Waals surface area (Å²) in [6.07, 6.45) is 0. The molecule has 1 amide bonds. The number of rotatable bonds is 4. The number of likely N-dealkylation sites (N-methyl/N-ethyl adjacent to an activating group) is 1. The van der Waals surface area contributed by atoms with Crippen LogP contribution in [0.4, 0.5) is 0 Å². The molecule has 0 aliphatic carbocycles. The summed E-state index contributed by atoms with van der Waals surface area (Å²) in [5.74, 6) is 0.147. The van der Waals surface area contributed by atoms with Crippen molar-refractivity contribution in [2.24, 2.45) is 10.9 Å². The van der Waals surface area contributed by atoms with Crippen LogP contribution in [0.25, 0.3) is 0 Å². The summed E-state index contributed by atoms with van der Waals surface area (Å²) in [6.45, 7) is 0.0363. The van der Waals surface area contributed by atoms with Gasteiger partial charge in [-0.2, -0.15) is 0 Å². The molecule has 7 heteroatoms. The molecule has 18 heavy (non-hydrogen) atoms. The van der Waals surface area contributed by atoms with Gasteiger partial charge in [0.25, 0.3) is 5.91 Å². The van der Waals surface area contributed by atoms with Crippen molar-refractivity contribution in [3.05, 3.63) is 28.2 Å². The van der Waals surface area contributed by atoms with Gasteiger partial charge in [-0.3, -0.25) is 4.79 Å². The molecule has 0 bridgehead atoms. The summed E-state index contributed by atoms with van der Waals surface area (Å²) < 4.78 is 5.96. The van der Waals surface area contributed by atoms with Crippen LogP contribution >= 0.6 is 15.9 Å². The highest BCUT2D eigenvalue weighted by Crippen LogP contribution is 2.24. The molecule has 0 aromatic heterocycles. The topological polar surface area (TPSA) is 88.2 Å². The number of hydrogen-bond acceptors (Lipinski definition) is 4. The fraction of sp³-hybridized carbons (Fsp3) is 0.273. The quantitative estimate of drug-likeness (QED) is 0.379. The van der Waals surface area contributed by atoms with Crippen LogP contribution in [0.1, 0.15) is 10.4 Å². The molecule has 0 saturated heterocycles. The number of benzene rings is 1. The molecule has 3 N–H and O–H groups in total. The SMILES string of the molecule is COc1cc(Br)ccc1C(=O)N(C)C/C(N)=N/O. The Hall–Kier alpha value is -1.76. The zero-order chi connectivity index (χ0) is 13.7. The summed E-state index contributed by atoms with van der Waals surface area (Å²) in [5.41, 5.74) is 5.76. The van der Waals surface area contributed by atoms with Gasteiger partial charge in [0.05, 0.1) is 19.2 Å². The van der Waals surface area contributed by atoms with Crippen LogP contribution in [0.3, 0.4) is 0 Å². The zero-order valence-electron chi connectivity index (χ0n) is 10.1. The number of carbonyl (C=O) groups is 1. The Balaban J connectivity index is 2.96. The number of hydrogen-bond donors (Lipinski definition) is 2. The van der Waals surface area contributed by atoms with Crippen LogP contribution in [0.15, 0.2) is 27.8 Å². The van der Waals surface area contributed by atoms with Gasteiger partial charge in [-0.25, -0.2) is 0 Å². The van der Waals surface area contributed by atoms with Gasteiger partial charge >= 0.3 is 0 Å². The maximum atomic E-state index is 12.1. The summed E-state index contributed by atoms with van der Waals surface area (Å²) >= 11 is 3.30. The lowest BCUT2D eigenvalue weighted by Gasteiger charge is -2.17. The third-order valence-corrected chi connectivity index (χ3v) is 2.76. The van der Waals surface area contributed by atoms with Gasteiger partial charge in [-0.1, -0.05) is 21.1 Å². The molecule has 0 radical (unpaired) electrons. The number of ether oxygens (including phenoxy) is 1. The number of nitrogens with two attached hydrogens (primary N) is 1. The van der Waals surface area contributed by atoms with E-state index < -0.39 is 0 Å². The van der Waals surface area contributed by atoms with E-state index in [1.807, 2.05) is 0 Å². The Kier molecular flexibility index (Phi) is 4.96. The van der Waals surface area contributed by atoms with Crippen molar-refractivity contribution in [1.82, 2.24) is 4.90 Å². The highest BCUT2D eigenvalue weighted by atomic mass is 79.9. The van der Waals surface area contributed by atoms with Gasteiger partial charge in [0.2, 0.25) is 0 Å². The summed E-state index contributed by atoms with van der Waals surface area (Å²) in [6, 6.07) is 5.09. The second-order valence-corrected chi connectivity index (χ2v) is 4.51. The van der Waals surface area contributed by atoms with E-state index in [2.05, 4.69) is 21.1 Å². The number of amides is 1. The Morgan fingerprint density at radius 2 is 2.28 bits per heavy atom. The Labute approximate surface area is 113 Å². The maximum Gasteiger partial charge on any atom is 0.257 e. The molecular weight excluding hydrogens is 302 g/mol. The second-order valence-electron chi connectivity index (χ2n) is 3.60. The monoisotopic (exact) mass is 315 g/mol. The summed E-state index contributed by atoms with van der Waals surface area (Å²) in [4.78, 5) is 13.5. The van der Waals surface area contributed by atoms with Gasteiger partial charge in [-0.15, -0.1) is 0 Å². The van der Waals surface area contributed by atoms with E-state index in [-0.39, 0.29) is 18.3 Å². The first-order valence-corrected chi connectivity index (χ1v) is 5.84. The fourth-order valence-corrected chi connectivity index (χ4v) is 1.73. The average molecular weight is 316 g/mol. The third-order valence-electron chi connectivity index (χ3n) is 2.27. The number of halogens is 1. The van der Waals surface area contributed by atoms with E-state index in [4.69, 9.17) is 15.7 Å². The van der Waals surface area contributed by atoms with Crippen LogP contribution in [-0.2, 0) is 0 Å². The van der Waals surface area contributed by atoms with Gasteiger partial charge in [-0.05, 0) is 18.2 Å². The lowest BCUT2D eigenvalue weighted by molar-refractivity contribution is 0.0810. The second kappa shape index (κ2) is 6.25. The van der Waals surface area contributed by atoms with E-state index in [0.29, 0.717) is 11.3 Å². The van der Waals surface area contributed by atoms with Crippen LogP contribution in [0.2, 0.25) is 0 Å². The molecule has 0 fully saturated rings. The van der Waals surface area contributed by atoms with Crippen LogP contribution in [0, 0.1) is 0 Å². The lowest BCUT2D eigenvalue weighted by atomic mass is 10.2. The highest BCUT2D eigenvalue weighted by Gasteiger charge is 2.17. The fourth-order valence-electron chi connectivity index (χ4n) is 1.39. The third kappa shape index (κ3) is 3.36. The largest absolute Gasteiger partial charge is 0.496 e. The van der Waals surface area contributed by atoms with Gasteiger partial charge in [0, 0.05) is 11.5 Å². The van der Waals surface area contributed by atoms with Crippen molar-refractivity contribution >= 4 is 27.7 Å². The van der Waals surface area contributed by atoms with Crippen molar-refractivity contribution < 1.29 is 14.7 Å². The van der Waals surface area contributed by atoms with Crippen molar-refractivity contribution in [2.45, 2.75) is 0 Å². The van der Waals surface area contributed by atoms with Crippen LogP contribution < -0.4 is 10.5 Å². The summed E-state index contributed by atoms with van der Waals surface area (Å²) in [7, 11) is 3.05. The number of oxime groups is 1. The molecule has 6 nitrogen and oxygen atoms in total. The first-order chi connectivity index (χ1) is 8.49. The Morgan fingerprint density at radius 1 is 1.61 bits per heavy atom. The number of carbonyl (C=O) groups excluding carboxylic acids is 1. The van der Waals surface area contributed by atoms with E-state index in [1.165, 1.54) is 12.0 Å². The molecule has 0 unspecified atom stereocenters. The van der Waals surface area contributed by atoms with Crippen molar-refractivity contribution in [3.8, 4) is 5.75 Å². The Bertz CT molecular complexity index is 477. The van der Waals surface area contributed by atoms with Crippen molar-refractivity contribution in [1.29, 1.82) is 0 Å². The standard InChI is InChI=1S/C11H14BrN3O3/c1-15(6-10(13)14-17)11(16)8-4-3-7(12)5-9(8)18-2/h3-5,17H,6H2,1-2H3,(H2,13,14). The number of methoxy groups -OCH3 is 1. The zero-order valence-corrected chi connectivity index (χ0v) is 11.6. The van der Waals surface area contributed by atoms with Crippen molar-refractivity contribution in [3.63, 3.8) is 0 Å². The molecule has 0 aliphatic heterocycles. The van der Waals surface area contributed by atoms with Gasteiger partial charge < -0.3 is 20.6 Å². The lowest BCUT2D eigenvalue weighted by Crippen LogP contribution is -2.35. The van der Waals surface area contributed by atoms with E-state index >= 15 is 0 Å². The minimum atomic E-state index is -0.272. The van der Waals surface area contributed by atoms with Crippen molar-refractivity contribution in [2.75, 3.05) is 20.7 Å². The molecule has 0 saturated carbocycles. The predicted molar refractivity (Wildman–Crippen MR) is 71.1 cm³/mol. The van der Waals surface area contributed by atoms with E-state index in [1.54, 1.807) is 25.2 Å². The molecule has 1 aromatic rings. The molecule has 98 valence electrons. The first kappa shape index (κ1) is 14.3. The minimum absolute atomic E-state index is 0.0363. The molecular formula is C11H14BrN3O3. The van der Waals surface area contributed by atoms with Crippen LogP contribution in [-0.4, -0.2) is 42.6 Å². The summed E-state index contributed by atoms with van der Waals surface area (Å²) in [5, 5.41) is 11.3. The highest BCUT2D eigenvalue weighted by molar-refractivity contribution is 9.10. The molecule has 1 rings (SSSR count). The minimum Gasteiger partial charge on any atom is -0.496 e. The molecule has 0 spiro atoms. The van der Waals surface area contributed by atoms with Gasteiger partial charge in [0.1, 0.15) is 5.75 Å². The first-order valence-electron chi connectivity index (χ1n) is 5.05. The van der Waals surface area contributed by atoms with E-state index in [0.717, 1.165) is 4.47 Å². The van der Waals surface area contributed by atoms with Crippen LogP contribution in [0.5, 0.6) is 5.75 Å². The Morgan fingerprint density at radius 3 is 2.83 bits per heavy atom.